The third kappa shape index (κ3) is 3.18. The zero-order valence-electron chi connectivity index (χ0n) is 16.2. The molecule has 0 radical (unpaired) electrons. The Morgan fingerprint density at radius 2 is 1.71 bits per heavy atom. The highest BCUT2D eigenvalue weighted by molar-refractivity contribution is 7.92. The number of nitrogens with two attached hydrogens (primary N) is 1. The van der Waals surface area contributed by atoms with Gasteiger partial charge in [0, 0.05) is 12.5 Å². The van der Waals surface area contributed by atoms with Crippen LogP contribution in [0.2, 0.25) is 0 Å². The van der Waals surface area contributed by atoms with Crippen molar-refractivity contribution in [3.8, 4) is 5.75 Å². The molecule has 28 heavy (non-hydrogen) atoms. The molecule has 0 aromatic heterocycles. The largest absolute Gasteiger partial charge is 0.497 e. The van der Waals surface area contributed by atoms with Crippen molar-refractivity contribution in [3.05, 3.63) is 59.7 Å². The molecule has 7 heteroatoms. The van der Waals surface area contributed by atoms with Gasteiger partial charge in [-0.15, -0.1) is 0 Å². The molecule has 0 aliphatic heterocycles. The highest BCUT2D eigenvalue weighted by Gasteiger charge is 2.75. The predicted molar refractivity (Wildman–Crippen MR) is 106 cm³/mol. The van der Waals surface area contributed by atoms with Crippen molar-refractivity contribution in [1.29, 1.82) is 0 Å². The van der Waals surface area contributed by atoms with Crippen LogP contribution in [0.3, 0.4) is 0 Å². The van der Waals surface area contributed by atoms with E-state index in [1.54, 1.807) is 62.6 Å². The molecule has 1 aliphatic rings. The van der Waals surface area contributed by atoms with Gasteiger partial charge in [0.15, 0.2) is 9.84 Å². The van der Waals surface area contributed by atoms with Gasteiger partial charge < -0.3 is 15.2 Å². The van der Waals surface area contributed by atoms with Crippen LogP contribution in [0.15, 0.2) is 53.4 Å². The number of esters is 1. The second kappa shape index (κ2) is 7.56. The molecular weight excluding hydrogens is 378 g/mol. The van der Waals surface area contributed by atoms with E-state index in [-0.39, 0.29) is 18.0 Å². The topological polar surface area (TPSA) is 95.7 Å². The molecule has 0 amide bonds. The fraction of sp³-hybridized carbons (Fsp3) is 0.381. The molecule has 3 rings (SSSR count). The van der Waals surface area contributed by atoms with Crippen LogP contribution in [0.25, 0.3) is 0 Å². The number of hydrogen-bond donors (Lipinski definition) is 1. The Bertz CT molecular complexity index is 953. The first-order valence-corrected chi connectivity index (χ1v) is 10.7. The first kappa shape index (κ1) is 20.4. The van der Waals surface area contributed by atoms with Gasteiger partial charge in [-0.2, -0.15) is 0 Å². The monoisotopic (exact) mass is 403 g/mol. The standard InChI is InChI=1S/C21H25NO5S/c1-4-27-20(23)21(13-22)18(15-7-9-16(26-3)10-8-15)19(21)28(24,25)17-11-5-14(2)6-12-17/h5-12,18-19H,4,13,22H2,1-3H3/t18-,19+,21+/m1/s1. The number of hydrogen-bond acceptors (Lipinski definition) is 6. The molecule has 1 fully saturated rings. The van der Waals surface area contributed by atoms with E-state index in [0.717, 1.165) is 11.1 Å². The highest BCUT2D eigenvalue weighted by atomic mass is 32.2. The molecule has 2 N–H and O–H groups in total. The minimum absolute atomic E-state index is 0.113. The van der Waals surface area contributed by atoms with Crippen molar-refractivity contribution in [2.75, 3.05) is 20.3 Å². The van der Waals surface area contributed by atoms with Gasteiger partial charge in [0.2, 0.25) is 0 Å². The number of carbonyl (C=O) groups is 1. The number of sulfone groups is 1. The van der Waals surface area contributed by atoms with E-state index >= 15 is 0 Å². The number of benzene rings is 2. The number of methoxy groups -OCH3 is 1. The lowest BCUT2D eigenvalue weighted by atomic mass is 9.99. The SMILES string of the molecule is CCOC(=O)[C@@]1(CN)[C@H](c2ccc(OC)cc2)[C@@H]1S(=O)(=O)c1ccc(C)cc1. The maximum atomic E-state index is 13.4. The van der Waals surface area contributed by atoms with Crippen LogP contribution in [0, 0.1) is 12.3 Å². The number of ether oxygens (including phenoxy) is 2. The third-order valence-corrected chi connectivity index (χ3v) is 7.70. The molecule has 6 nitrogen and oxygen atoms in total. The van der Waals surface area contributed by atoms with Crippen LogP contribution in [-0.4, -0.2) is 39.9 Å². The van der Waals surface area contributed by atoms with Crippen LogP contribution in [-0.2, 0) is 19.4 Å². The Balaban J connectivity index is 2.09. The minimum atomic E-state index is -3.79. The van der Waals surface area contributed by atoms with Crippen LogP contribution < -0.4 is 10.5 Å². The average Bonchev–Trinajstić information content (AvgIpc) is 3.40. The Morgan fingerprint density at radius 3 is 2.21 bits per heavy atom. The number of carbonyl (C=O) groups excluding carboxylic acids is 1. The molecule has 1 saturated carbocycles. The van der Waals surface area contributed by atoms with Crippen molar-refractivity contribution in [3.63, 3.8) is 0 Å². The molecule has 0 unspecified atom stereocenters. The van der Waals surface area contributed by atoms with Crippen LogP contribution in [0.4, 0.5) is 0 Å². The fourth-order valence-corrected chi connectivity index (χ4v) is 6.23. The molecule has 0 spiro atoms. The van der Waals surface area contributed by atoms with E-state index in [9.17, 15) is 13.2 Å². The van der Waals surface area contributed by atoms with Gasteiger partial charge in [-0.25, -0.2) is 8.42 Å². The smallest absolute Gasteiger partial charge is 0.315 e. The first-order valence-electron chi connectivity index (χ1n) is 9.14. The van der Waals surface area contributed by atoms with Crippen molar-refractivity contribution in [2.45, 2.75) is 29.9 Å². The average molecular weight is 404 g/mol. The molecule has 2 aromatic rings. The Morgan fingerprint density at radius 1 is 1.11 bits per heavy atom. The molecular formula is C21H25NO5S. The fourth-order valence-electron chi connectivity index (χ4n) is 3.85. The van der Waals surface area contributed by atoms with Crippen molar-refractivity contribution >= 4 is 15.8 Å². The maximum Gasteiger partial charge on any atom is 0.315 e. The lowest BCUT2D eigenvalue weighted by Crippen LogP contribution is -2.33. The first-order chi connectivity index (χ1) is 13.3. The molecule has 150 valence electrons. The van der Waals surface area contributed by atoms with Crippen LogP contribution >= 0.6 is 0 Å². The lowest BCUT2D eigenvalue weighted by Gasteiger charge is -2.14. The van der Waals surface area contributed by atoms with E-state index in [2.05, 4.69) is 0 Å². The maximum absolute atomic E-state index is 13.4. The van der Waals surface area contributed by atoms with Crippen LogP contribution in [0.1, 0.15) is 24.0 Å². The second-order valence-electron chi connectivity index (χ2n) is 6.99. The molecule has 2 aromatic carbocycles. The summed E-state index contributed by atoms with van der Waals surface area (Å²) in [5, 5.41) is -0.972. The third-order valence-electron chi connectivity index (χ3n) is 5.41. The van der Waals surface area contributed by atoms with Crippen molar-refractivity contribution in [1.82, 2.24) is 0 Å². The van der Waals surface area contributed by atoms with Gasteiger partial charge in [0.1, 0.15) is 11.2 Å². The van der Waals surface area contributed by atoms with E-state index in [1.807, 2.05) is 6.92 Å². The number of aryl methyl sites for hydroxylation is 1. The van der Waals surface area contributed by atoms with Crippen molar-refractivity contribution < 1.29 is 22.7 Å². The summed E-state index contributed by atoms with van der Waals surface area (Å²) >= 11 is 0. The summed E-state index contributed by atoms with van der Waals surface area (Å²) in [5.74, 6) is -0.496. The Labute approximate surface area is 165 Å². The second-order valence-corrected chi connectivity index (χ2v) is 9.06. The molecule has 0 saturated heterocycles. The molecule has 3 atom stereocenters. The molecule has 1 aliphatic carbocycles. The quantitative estimate of drug-likeness (QED) is 0.714. The van der Waals surface area contributed by atoms with Gasteiger partial charge in [0.05, 0.1) is 23.9 Å². The van der Waals surface area contributed by atoms with Gasteiger partial charge in [-0.1, -0.05) is 29.8 Å². The van der Waals surface area contributed by atoms with Gasteiger partial charge >= 0.3 is 5.97 Å². The Hall–Kier alpha value is -2.38. The summed E-state index contributed by atoms with van der Waals surface area (Å²) in [6.07, 6.45) is 0. The zero-order chi connectivity index (χ0) is 20.5. The summed E-state index contributed by atoms with van der Waals surface area (Å²) in [7, 11) is -2.24. The minimum Gasteiger partial charge on any atom is -0.497 e. The zero-order valence-corrected chi connectivity index (χ0v) is 17.0. The summed E-state index contributed by atoms with van der Waals surface area (Å²) < 4.78 is 37.2. The highest BCUT2D eigenvalue weighted by Crippen LogP contribution is 2.64. The summed E-state index contributed by atoms with van der Waals surface area (Å²) in [6, 6.07) is 13.7. The number of rotatable bonds is 7. The predicted octanol–water partition coefficient (Wildman–Crippen LogP) is 2.45. The van der Waals surface area contributed by atoms with E-state index < -0.39 is 32.4 Å². The van der Waals surface area contributed by atoms with Crippen molar-refractivity contribution in [2.24, 2.45) is 11.1 Å². The summed E-state index contributed by atoms with van der Waals surface area (Å²) in [4.78, 5) is 13.0. The van der Waals surface area contributed by atoms with E-state index in [0.29, 0.717) is 5.75 Å². The van der Waals surface area contributed by atoms with E-state index in [1.165, 1.54) is 0 Å². The summed E-state index contributed by atoms with van der Waals surface area (Å²) in [6.45, 7) is 3.62. The Kier molecular flexibility index (Phi) is 5.50. The molecule has 0 heterocycles. The van der Waals surface area contributed by atoms with Gasteiger partial charge in [-0.05, 0) is 43.7 Å². The lowest BCUT2D eigenvalue weighted by molar-refractivity contribution is -0.149. The van der Waals surface area contributed by atoms with Gasteiger partial charge in [-0.3, -0.25) is 4.79 Å². The van der Waals surface area contributed by atoms with Gasteiger partial charge in [0.25, 0.3) is 0 Å². The summed E-state index contributed by atoms with van der Waals surface area (Å²) in [5.41, 5.74) is 6.36. The molecule has 0 bridgehead atoms. The van der Waals surface area contributed by atoms with Crippen LogP contribution in [0.5, 0.6) is 5.75 Å². The van der Waals surface area contributed by atoms with E-state index in [4.69, 9.17) is 15.2 Å². The normalized spacial score (nSPS) is 23.9.